The highest BCUT2D eigenvalue weighted by Gasteiger charge is 2.62. The molecule has 4 amide bonds. The van der Waals surface area contributed by atoms with Gasteiger partial charge in [0.15, 0.2) is 25.2 Å². The number of aliphatic hydroxyl groups excluding tert-OH is 1. The highest BCUT2D eigenvalue weighted by Crippen LogP contribution is 2.44. The van der Waals surface area contributed by atoms with Gasteiger partial charge >= 0.3 is 0 Å². The number of carbonyl (C=O) groups excluding carboxylic acids is 4. The minimum absolute atomic E-state index is 0.00113. The van der Waals surface area contributed by atoms with E-state index in [9.17, 15) is 5.11 Å². The topological polar surface area (TPSA) is 215 Å². The molecule has 1 N–H and O–H groups in total. The Kier molecular flexibility index (Phi) is 22.0. The molecule has 0 spiro atoms. The van der Waals surface area contributed by atoms with Crippen molar-refractivity contribution in [1.29, 1.82) is 0 Å². The lowest BCUT2D eigenvalue weighted by Gasteiger charge is -2.53. The van der Waals surface area contributed by atoms with E-state index in [0.717, 1.165) is 43.2 Å². The standard InChI is InChI=1S/C83H78N2O18/c86-69-70-66(52-97-80(101-70)59-38-20-7-21-39-59)100-83(75(69)95-48-57-34-16-5-17-35-57)103-72-65(51-92-45-54-28-10-2-11-29-54)99-82(68(74(72)94-47-56-32-14-4-15-33-56)85-78(89)62-42-24-25-43-63(62)79(85)90)102-71-64(50-91-44-53-26-8-1-9-27-53)98-81(96-49-58-36-18-6-19-37-58)67(73(71)93-46-55-30-12-3-13-31-55)84-76(87)60-40-22-23-41-61(60)77(84)88/h1-43,64-75,80-83,86H,44-52H2/t64-,65-,66-,67-,68-,69+,70-,71-,72-,73-,74-,75+,80-,81-,82+,83+/m1/s1. The van der Waals surface area contributed by atoms with Gasteiger partial charge in [-0.25, -0.2) is 0 Å². The summed E-state index contributed by atoms with van der Waals surface area (Å²) in [6.45, 7) is -0.576. The minimum atomic E-state index is -1.76. The van der Waals surface area contributed by atoms with Crippen LogP contribution in [0, 0.1) is 0 Å². The van der Waals surface area contributed by atoms with Gasteiger partial charge < -0.3 is 66.7 Å². The normalized spacial score (nSPS) is 27.5. The van der Waals surface area contributed by atoms with Crippen molar-refractivity contribution in [1.82, 2.24) is 9.80 Å². The number of hydrogen-bond acceptors (Lipinski definition) is 18. The first kappa shape index (κ1) is 69.4. The number of benzene rings is 9. The number of rotatable bonds is 27. The van der Waals surface area contributed by atoms with Crippen LogP contribution in [0.15, 0.2) is 261 Å². The molecule has 0 aromatic heterocycles. The van der Waals surface area contributed by atoms with E-state index >= 15 is 19.2 Å². The first-order valence-corrected chi connectivity index (χ1v) is 34.8. The molecule has 6 aliphatic heterocycles. The first-order valence-electron chi connectivity index (χ1n) is 34.8. The predicted molar refractivity (Wildman–Crippen MR) is 372 cm³/mol. The van der Waals surface area contributed by atoms with E-state index in [-0.39, 0.29) is 81.7 Å². The predicted octanol–water partition coefficient (Wildman–Crippen LogP) is 11.1. The van der Waals surface area contributed by atoms with Gasteiger partial charge in [-0.2, -0.15) is 0 Å². The zero-order valence-corrected chi connectivity index (χ0v) is 56.2. The van der Waals surface area contributed by atoms with Gasteiger partial charge in [-0.05, 0) is 57.6 Å². The third-order valence-corrected chi connectivity index (χ3v) is 19.3. The van der Waals surface area contributed by atoms with Crippen LogP contribution in [-0.2, 0) is 101 Å². The summed E-state index contributed by atoms with van der Waals surface area (Å²) in [6.07, 6.45) is -18.4. The number of amides is 4. The molecule has 528 valence electrons. The highest BCUT2D eigenvalue weighted by molar-refractivity contribution is 6.22. The Morgan fingerprint density at radius 3 is 1.08 bits per heavy atom. The number of carbonyl (C=O) groups is 4. The largest absolute Gasteiger partial charge is 0.387 e. The van der Waals surface area contributed by atoms with Gasteiger partial charge in [-0.3, -0.25) is 29.0 Å². The quantitative estimate of drug-likeness (QED) is 0.0474. The molecular formula is C83H78N2O18. The zero-order valence-electron chi connectivity index (χ0n) is 56.2. The summed E-state index contributed by atoms with van der Waals surface area (Å²) in [5.41, 5.74) is 5.91. The van der Waals surface area contributed by atoms with Gasteiger partial charge in [0.1, 0.15) is 73.1 Å². The molecular weight excluding hydrogens is 1310 g/mol. The van der Waals surface area contributed by atoms with Crippen LogP contribution in [0.2, 0.25) is 0 Å². The molecule has 4 saturated heterocycles. The van der Waals surface area contributed by atoms with Gasteiger partial charge in [0.05, 0.1) is 81.7 Å². The minimum Gasteiger partial charge on any atom is -0.387 e. The third kappa shape index (κ3) is 15.5. The van der Waals surface area contributed by atoms with Crippen LogP contribution < -0.4 is 0 Å². The van der Waals surface area contributed by atoms with Gasteiger partial charge in [0.25, 0.3) is 23.6 Å². The lowest BCUT2D eigenvalue weighted by atomic mass is 9.92. The average molecular weight is 1390 g/mol. The Morgan fingerprint density at radius 1 is 0.340 bits per heavy atom. The molecule has 9 aromatic carbocycles. The summed E-state index contributed by atoms with van der Waals surface area (Å²) < 4.78 is 91.6. The van der Waals surface area contributed by atoms with Crippen molar-refractivity contribution in [3.8, 4) is 0 Å². The van der Waals surface area contributed by atoms with Gasteiger partial charge in [-0.1, -0.05) is 237 Å². The van der Waals surface area contributed by atoms with Crippen molar-refractivity contribution >= 4 is 23.6 Å². The summed E-state index contributed by atoms with van der Waals surface area (Å²) in [7, 11) is 0. The fraction of sp³-hybridized carbons (Fsp3) is 0.301. The zero-order chi connectivity index (χ0) is 70.0. The van der Waals surface area contributed by atoms with E-state index in [4.69, 9.17) is 61.6 Å². The molecule has 103 heavy (non-hydrogen) atoms. The van der Waals surface area contributed by atoms with Crippen molar-refractivity contribution in [2.75, 3.05) is 19.8 Å². The van der Waals surface area contributed by atoms with E-state index < -0.39 is 122 Å². The molecule has 9 aromatic rings. The van der Waals surface area contributed by atoms with E-state index in [0.29, 0.717) is 5.56 Å². The molecule has 6 aliphatic rings. The second-order valence-corrected chi connectivity index (χ2v) is 26.1. The van der Waals surface area contributed by atoms with Crippen LogP contribution in [0.4, 0.5) is 0 Å². The number of imide groups is 2. The van der Waals surface area contributed by atoms with Crippen molar-refractivity contribution in [3.63, 3.8) is 0 Å². The van der Waals surface area contributed by atoms with Crippen LogP contribution in [0.25, 0.3) is 0 Å². The number of nitrogens with zero attached hydrogens (tertiary/aromatic N) is 2. The van der Waals surface area contributed by atoms with E-state index in [1.165, 1.54) is 0 Å². The maximum absolute atomic E-state index is 15.8. The molecule has 0 bridgehead atoms. The molecule has 0 radical (unpaired) electrons. The van der Waals surface area contributed by atoms with Gasteiger partial charge in [-0.15, -0.1) is 0 Å². The number of ether oxygens (including phenoxy) is 13. The lowest BCUT2D eigenvalue weighted by Crippen LogP contribution is -2.72. The number of aliphatic hydroxyl groups is 1. The molecule has 0 saturated carbocycles. The number of fused-ring (bicyclic) bond motifs is 3. The number of hydrogen-bond donors (Lipinski definition) is 1. The smallest absolute Gasteiger partial charge is 0.262 e. The lowest BCUT2D eigenvalue weighted by molar-refractivity contribution is -0.394. The molecule has 0 aliphatic carbocycles. The Labute approximate surface area is 596 Å². The van der Waals surface area contributed by atoms with Gasteiger partial charge in [0, 0.05) is 5.56 Å². The molecule has 15 rings (SSSR count). The van der Waals surface area contributed by atoms with Crippen molar-refractivity contribution in [3.05, 3.63) is 322 Å². The fourth-order valence-electron chi connectivity index (χ4n) is 14.2. The molecule has 16 atom stereocenters. The van der Waals surface area contributed by atoms with Crippen molar-refractivity contribution in [2.24, 2.45) is 0 Å². The van der Waals surface area contributed by atoms with E-state index in [1.807, 2.05) is 212 Å². The Morgan fingerprint density at radius 2 is 0.670 bits per heavy atom. The monoisotopic (exact) mass is 1390 g/mol. The van der Waals surface area contributed by atoms with Crippen molar-refractivity contribution in [2.45, 2.75) is 138 Å². The van der Waals surface area contributed by atoms with Gasteiger partial charge in [0.2, 0.25) is 0 Å². The SMILES string of the molecule is O=C1c2ccccc2C(=O)N1[C@H]1[C@H](O[C@H]2[C@H](OCc3ccccc3)[C@@H](N3C(=O)c4ccccc4C3=O)[C@H](OCc3ccccc3)O[C@@H]2COCc2ccccc2)O[C@H](COCc2ccccc2)[C@@H](O[C@@H]2O[C@@H]3CO[C@@H](c4ccccc4)O[C@H]3[C@H](O)[C@@H]2OCc2ccccc2)[C@@H]1OCc1ccccc1. The third-order valence-electron chi connectivity index (χ3n) is 19.3. The summed E-state index contributed by atoms with van der Waals surface area (Å²) in [4.78, 5) is 64.4. The highest BCUT2D eigenvalue weighted by atomic mass is 16.8. The second kappa shape index (κ2) is 32.6. The average Bonchev–Trinajstić information content (AvgIpc) is 1.69. The van der Waals surface area contributed by atoms with Crippen LogP contribution in [0.5, 0.6) is 0 Å². The molecule has 0 unspecified atom stereocenters. The summed E-state index contributed by atoms with van der Waals surface area (Å²) in [5.74, 6) is -2.67. The molecule has 20 heteroatoms. The van der Waals surface area contributed by atoms with E-state index in [2.05, 4.69) is 0 Å². The molecule has 4 fully saturated rings. The van der Waals surface area contributed by atoms with Crippen LogP contribution >= 0.6 is 0 Å². The Balaban J connectivity index is 0.878. The Bertz CT molecular complexity index is 4220. The fourth-order valence-corrected chi connectivity index (χ4v) is 14.2. The molecule has 20 nitrogen and oxygen atoms in total. The van der Waals surface area contributed by atoms with Crippen LogP contribution in [0.1, 0.15) is 86.7 Å². The maximum atomic E-state index is 15.8. The van der Waals surface area contributed by atoms with Crippen LogP contribution in [0.3, 0.4) is 0 Å². The summed E-state index contributed by atoms with van der Waals surface area (Å²) in [6, 6.07) is 76.1. The first-order chi connectivity index (χ1) is 50.7. The molecule has 6 heterocycles. The second-order valence-electron chi connectivity index (χ2n) is 26.1. The summed E-state index contributed by atoms with van der Waals surface area (Å²) in [5, 5.41) is 12.9. The maximum Gasteiger partial charge on any atom is 0.262 e. The summed E-state index contributed by atoms with van der Waals surface area (Å²) >= 11 is 0. The van der Waals surface area contributed by atoms with E-state index in [1.54, 1.807) is 48.5 Å². The Hall–Kier alpha value is -9.30. The van der Waals surface area contributed by atoms with Crippen LogP contribution in [-0.4, -0.2) is 150 Å². The van der Waals surface area contributed by atoms with Crippen molar-refractivity contribution < 1.29 is 85.9 Å².